The van der Waals surface area contributed by atoms with Crippen LogP contribution in [0.25, 0.3) is 0 Å². The summed E-state index contributed by atoms with van der Waals surface area (Å²) in [5, 5.41) is 11.5. The molecule has 16 heavy (non-hydrogen) atoms. The lowest BCUT2D eigenvalue weighted by Gasteiger charge is -2.07. The topological polar surface area (TPSA) is 67.1 Å². The Kier molecular flexibility index (Phi) is 2.60. The zero-order valence-corrected chi connectivity index (χ0v) is 9.21. The van der Waals surface area contributed by atoms with Gasteiger partial charge in [-0.05, 0) is 26.0 Å². The number of hydrogen-bond donors (Lipinski definition) is 1. The van der Waals surface area contributed by atoms with Crippen molar-refractivity contribution in [1.29, 1.82) is 0 Å². The molecule has 84 valence electrons. The second-order valence-electron chi connectivity index (χ2n) is 4.20. The van der Waals surface area contributed by atoms with Gasteiger partial charge in [0.15, 0.2) is 0 Å². The van der Waals surface area contributed by atoms with Gasteiger partial charge in [0, 0.05) is 6.20 Å². The van der Waals surface area contributed by atoms with Crippen LogP contribution >= 0.6 is 0 Å². The smallest absolute Gasteiger partial charge is 0.219 e. The monoisotopic (exact) mass is 219 g/mol. The second kappa shape index (κ2) is 3.92. The normalized spacial score (nSPS) is 18.5. The first-order valence-corrected chi connectivity index (χ1v) is 4.98. The fourth-order valence-corrected chi connectivity index (χ4v) is 1.48. The molecule has 0 unspecified atom stereocenters. The molecule has 0 aromatic carbocycles. The zero-order valence-electron chi connectivity index (χ0n) is 9.21. The fourth-order valence-electron chi connectivity index (χ4n) is 1.48. The lowest BCUT2D eigenvalue weighted by atomic mass is 10.1. The van der Waals surface area contributed by atoms with E-state index in [1.54, 1.807) is 12.3 Å². The van der Waals surface area contributed by atoms with Crippen molar-refractivity contribution in [3.05, 3.63) is 29.6 Å². The van der Waals surface area contributed by atoms with Crippen LogP contribution in [-0.4, -0.2) is 34.4 Å². The largest absolute Gasteiger partial charge is 0.475 e. The Morgan fingerprint density at radius 1 is 1.56 bits per heavy atom. The Labute approximate surface area is 93.5 Å². The average molecular weight is 219 g/mol. The quantitative estimate of drug-likeness (QED) is 0.465. The summed E-state index contributed by atoms with van der Waals surface area (Å²) in [7, 11) is 0. The molecule has 0 fully saturated rings. The number of nitrogens with zero attached hydrogens (tertiary/aromatic N) is 3. The molecule has 0 saturated heterocycles. The molecule has 2 heterocycles. The van der Waals surface area contributed by atoms with Crippen molar-refractivity contribution >= 4 is 12.1 Å². The van der Waals surface area contributed by atoms with Crippen molar-refractivity contribution in [2.24, 2.45) is 10.1 Å². The van der Waals surface area contributed by atoms with Gasteiger partial charge in [-0.1, -0.05) is 5.16 Å². The first-order valence-electron chi connectivity index (χ1n) is 4.98. The number of aliphatic imine (C=N–C) groups is 1. The third-order valence-electron chi connectivity index (χ3n) is 2.22. The zero-order chi connectivity index (χ0) is 11.6. The molecule has 1 N–H and O–H groups in total. The van der Waals surface area contributed by atoms with Crippen LogP contribution in [0, 0.1) is 0 Å². The van der Waals surface area contributed by atoms with Gasteiger partial charge in [0.2, 0.25) is 5.90 Å². The van der Waals surface area contributed by atoms with Crippen molar-refractivity contribution in [2.45, 2.75) is 19.4 Å². The fraction of sp³-hybridized carbons (Fsp3) is 0.364. The summed E-state index contributed by atoms with van der Waals surface area (Å²) in [6.45, 7) is 4.54. The van der Waals surface area contributed by atoms with Crippen LogP contribution in [0.3, 0.4) is 0 Å². The highest BCUT2D eigenvalue weighted by atomic mass is 16.5. The van der Waals surface area contributed by atoms with Gasteiger partial charge in [-0.25, -0.2) is 4.99 Å². The van der Waals surface area contributed by atoms with Gasteiger partial charge in [0.1, 0.15) is 6.61 Å². The summed E-state index contributed by atoms with van der Waals surface area (Å²) < 4.78 is 5.51. The summed E-state index contributed by atoms with van der Waals surface area (Å²) in [5.41, 5.74) is 1.08. The highest BCUT2D eigenvalue weighted by Gasteiger charge is 2.28. The van der Waals surface area contributed by atoms with Crippen LogP contribution in [0.2, 0.25) is 0 Å². The molecule has 1 aromatic rings. The minimum atomic E-state index is -0.210. The van der Waals surface area contributed by atoms with Gasteiger partial charge in [-0.15, -0.1) is 0 Å². The molecule has 2 rings (SSSR count). The summed E-state index contributed by atoms with van der Waals surface area (Å²) in [6, 6.07) is 3.63. The first kappa shape index (κ1) is 10.6. The van der Waals surface area contributed by atoms with E-state index in [4.69, 9.17) is 9.94 Å². The van der Waals surface area contributed by atoms with E-state index in [0.717, 1.165) is 5.56 Å². The first-order chi connectivity index (χ1) is 7.62. The summed E-state index contributed by atoms with van der Waals surface area (Å²) in [5.74, 6) is 0.549. The highest BCUT2D eigenvalue weighted by molar-refractivity contribution is 6.01. The predicted molar refractivity (Wildman–Crippen MR) is 60.2 cm³/mol. The number of hydrogen-bond acceptors (Lipinski definition) is 5. The van der Waals surface area contributed by atoms with E-state index in [1.165, 1.54) is 6.21 Å². The maximum absolute atomic E-state index is 8.54. The number of aromatic nitrogens is 1. The maximum Gasteiger partial charge on any atom is 0.219 e. The number of ether oxygens (including phenoxy) is 1. The van der Waals surface area contributed by atoms with Crippen LogP contribution in [0.4, 0.5) is 0 Å². The van der Waals surface area contributed by atoms with Crippen molar-refractivity contribution in [3.8, 4) is 0 Å². The number of oxime groups is 1. The molecule has 0 bridgehead atoms. The summed E-state index contributed by atoms with van der Waals surface area (Å²) in [4.78, 5) is 8.54. The molecule has 1 aliphatic rings. The van der Waals surface area contributed by atoms with E-state index in [1.807, 2.05) is 19.9 Å². The van der Waals surface area contributed by atoms with Gasteiger partial charge >= 0.3 is 0 Å². The Hall–Kier alpha value is -1.91. The third-order valence-corrected chi connectivity index (χ3v) is 2.22. The van der Waals surface area contributed by atoms with E-state index < -0.39 is 0 Å². The molecule has 0 aliphatic carbocycles. The Morgan fingerprint density at radius 3 is 3.00 bits per heavy atom. The van der Waals surface area contributed by atoms with Crippen LogP contribution in [0.1, 0.15) is 25.1 Å². The third kappa shape index (κ3) is 2.03. The minimum Gasteiger partial charge on any atom is -0.475 e. The molecule has 1 aromatic heterocycles. The SMILES string of the molecule is CC1(C)COC(c2cccnc2/C=N/O)=N1. The molecule has 5 nitrogen and oxygen atoms in total. The molecule has 0 atom stereocenters. The van der Waals surface area contributed by atoms with Crippen molar-refractivity contribution in [3.63, 3.8) is 0 Å². The van der Waals surface area contributed by atoms with Crippen molar-refractivity contribution in [2.75, 3.05) is 6.61 Å². The Balaban J connectivity index is 2.41. The van der Waals surface area contributed by atoms with Gasteiger partial charge in [-0.2, -0.15) is 0 Å². The molecule has 0 saturated carbocycles. The van der Waals surface area contributed by atoms with Gasteiger partial charge < -0.3 is 9.94 Å². The number of pyridine rings is 1. The van der Waals surface area contributed by atoms with Gasteiger partial charge in [0.05, 0.1) is 23.0 Å². The van der Waals surface area contributed by atoms with E-state index in [2.05, 4.69) is 15.1 Å². The molecule has 0 amide bonds. The summed E-state index contributed by atoms with van der Waals surface area (Å²) in [6.07, 6.45) is 2.90. The molecule has 0 radical (unpaired) electrons. The average Bonchev–Trinajstić information content (AvgIpc) is 2.60. The molecular formula is C11H13N3O2. The van der Waals surface area contributed by atoms with E-state index in [9.17, 15) is 0 Å². The molecule has 0 spiro atoms. The van der Waals surface area contributed by atoms with Gasteiger partial charge in [0.25, 0.3) is 0 Å². The van der Waals surface area contributed by atoms with E-state index in [0.29, 0.717) is 18.2 Å². The van der Waals surface area contributed by atoms with E-state index in [-0.39, 0.29) is 5.54 Å². The predicted octanol–water partition coefficient (Wildman–Crippen LogP) is 1.45. The summed E-state index contributed by atoms with van der Waals surface area (Å²) >= 11 is 0. The second-order valence-corrected chi connectivity index (χ2v) is 4.20. The van der Waals surface area contributed by atoms with Crippen molar-refractivity contribution < 1.29 is 9.94 Å². The van der Waals surface area contributed by atoms with Crippen LogP contribution in [0.5, 0.6) is 0 Å². The van der Waals surface area contributed by atoms with Gasteiger partial charge in [-0.3, -0.25) is 4.98 Å². The van der Waals surface area contributed by atoms with Crippen LogP contribution in [-0.2, 0) is 4.74 Å². The van der Waals surface area contributed by atoms with E-state index >= 15 is 0 Å². The molecule has 1 aliphatic heterocycles. The van der Waals surface area contributed by atoms with Crippen LogP contribution in [0.15, 0.2) is 28.5 Å². The van der Waals surface area contributed by atoms with Crippen molar-refractivity contribution in [1.82, 2.24) is 4.98 Å². The van der Waals surface area contributed by atoms with Crippen LogP contribution < -0.4 is 0 Å². The lowest BCUT2D eigenvalue weighted by Crippen LogP contribution is -2.17. The Bertz CT molecular complexity index is 452. The maximum atomic E-state index is 8.54. The standard InChI is InChI=1S/C11H13N3O2/c1-11(2)7-16-10(14-11)8-4-3-5-12-9(8)6-13-15/h3-6,15H,7H2,1-2H3/b13-6+. The molecular weight excluding hydrogens is 206 g/mol. The molecule has 5 heteroatoms. The lowest BCUT2D eigenvalue weighted by molar-refractivity contribution is 0.279. The number of rotatable bonds is 2. The Morgan fingerprint density at radius 2 is 2.38 bits per heavy atom. The highest BCUT2D eigenvalue weighted by Crippen LogP contribution is 2.21. The minimum absolute atomic E-state index is 0.210.